The summed E-state index contributed by atoms with van der Waals surface area (Å²) in [6.45, 7) is 2.19. The van der Waals surface area contributed by atoms with Crippen molar-refractivity contribution in [2.24, 2.45) is 5.10 Å². The lowest BCUT2D eigenvalue weighted by Gasteiger charge is -2.22. The van der Waals surface area contributed by atoms with E-state index in [1.165, 1.54) is 5.01 Å². The number of fused-ring (bicyclic) bond motifs is 2. The van der Waals surface area contributed by atoms with Crippen molar-refractivity contribution in [3.8, 4) is 11.5 Å². The highest BCUT2D eigenvalue weighted by atomic mass is 35.5. The highest BCUT2D eigenvalue weighted by molar-refractivity contribution is 6.14. The average Bonchev–Trinajstić information content (AvgIpc) is 3.04. The molecule has 0 unspecified atom stereocenters. The smallest absolute Gasteiger partial charge is 0.337 e. The standard InChI is InChI=1S/C19H20N4O3.ClH/c1-11-7-13-8-16-17(26-10-25-16)9-15(13)18(22-23(11)19(24)21-2)12-3-5-14(20)6-4-12;/h3-6,8-9,11H,7,10,20H2,1-2H3,(H,21,24);1H/t11-;/m0./s1. The molecule has 0 spiro atoms. The summed E-state index contributed by atoms with van der Waals surface area (Å²) in [5.74, 6) is 1.41. The van der Waals surface area contributed by atoms with Crippen LogP contribution in [0.2, 0.25) is 0 Å². The van der Waals surface area contributed by atoms with Gasteiger partial charge in [-0.05, 0) is 43.2 Å². The van der Waals surface area contributed by atoms with Crippen molar-refractivity contribution in [2.45, 2.75) is 19.4 Å². The van der Waals surface area contributed by atoms with Crippen LogP contribution in [0.25, 0.3) is 0 Å². The van der Waals surface area contributed by atoms with Gasteiger partial charge in [-0.15, -0.1) is 12.4 Å². The Hall–Kier alpha value is -2.93. The Balaban J connectivity index is 0.00000210. The summed E-state index contributed by atoms with van der Waals surface area (Å²) in [6, 6.07) is 11.0. The van der Waals surface area contributed by atoms with E-state index in [2.05, 4.69) is 5.32 Å². The van der Waals surface area contributed by atoms with Gasteiger partial charge in [0.15, 0.2) is 11.5 Å². The molecular formula is C19H21ClN4O3. The van der Waals surface area contributed by atoms with Crippen molar-refractivity contribution in [1.82, 2.24) is 10.3 Å². The molecule has 7 nitrogen and oxygen atoms in total. The zero-order valence-electron chi connectivity index (χ0n) is 15.1. The van der Waals surface area contributed by atoms with Crippen molar-refractivity contribution in [1.29, 1.82) is 0 Å². The normalized spacial score (nSPS) is 17.3. The molecule has 2 aromatic carbocycles. The number of hydrogen-bond acceptors (Lipinski definition) is 5. The molecule has 0 bridgehead atoms. The molecule has 0 aliphatic carbocycles. The van der Waals surface area contributed by atoms with E-state index in [0.717, 1.165) is 22.4 Å². The Morgan fingerprint density at radius 1 is 1.22 bits per heavy atom. The number of nitrogens with zero attached hydrogens (tertiary/aromatic N) is 2. The predicted molar refractivity (Wildman–Crippen MR) is 106 cm³/mol. The van der Waals surface area contributed by atoms with E-state index in [1.54, 1.807) is 7.05 Å². The largest absolute Gasteiger partial charge is 0.454 e. The number of nitrogen functional groups attached to an aromatic ring is 1. The Morgan fingerprint density at radius 2 is 1.89 bits per heavy atom. The van der Waals surface area contributed by atoms with Crippen LogP contribution in [0.3, 0.4) is 0 Å². The van der Waals surface area contributed by atoms with Crippen molar-refractivity contribution in [3.05, 3.63) is 53.1 Å². The molecule has 3 N–H and O–H groups in total. The zero-order valence-corrected chi connectivity index (χ0v) is 15.9. The van der Waals surface area contributed by atoms with Gasteiger partial charge < -0.3 is 20.5 Å². The summed E-state index contributed by atoms with van der Waals surface area (Å²) in [5.41, 5.74) is 10.1. The van der Waals surface area contributed by atoms with E-state index in [9.17, 15) is 4.79 Å². The second-order valence-corrected chi connectivity index (χ2v) is 6.39. The van der Waals surface area contributed by atoms with Gasteiger partial charge in [0.1, 0.15) is 0 Å². The summed E-state index contributed by atoms with van der Waals surface area (Å²) in [5, 5.41) is 8.84. The maximum atomic E-state index is 12.4. The van der Waals surface area contributed by atoms with Crippen LogP contribution in [0.5, 0.6) is 11.5 Å². The highest BCUT2D eigenvalue weighted by Gasteiger charge is 2.29. The second kappa shape index (κ2) is 7.36. The van der Waals surface area contributed by atoms with Crippen molar-refractivity contribution in [3.63, 3.8) is 0 Å². The minimum absolute atomic E-state index is 0. The fourth-order valence-electron chi connectivity index (χ4n) is 3.25. The molecule has 4 rings (SSSR count). The van der Waals surface area contributed by atoms with Crippen molar-refractivity contribution in [2.75, 3.05) is 19.6 Å². The molecule has 142 valence electrons. The maximum absolute atomic E-state index is 12.4. The molecule has 0 fully saturated rings. The molecule has 2 aliphatic heterocycles. The SMILES string of the molecule is CNC(=O)N1N=C(c2ccc(N)cc2)c2cc3c(cc2C[C@@H]1C)OCO3.Cl. The number of amides is 2. The predicted octanol–water partition coefficient (Wildman–Crippen LogP) is 2.76. The van der Waals surface area contributed by atoms with Gasteiger partial charge in [-0.3, -0.25) is 0 Å². The second-order valence-electron chi connectivity index (χ2n) is 6.39. The zero-order chi connectivity index (χ0) is 18.3. The van der Waals surface area contributed by atoms with Gasteiger partial charge in [-0.25, -0.2) is 9.80 Å². The monoisotopic (exact) mass is 388 g/mol. The first kappa shape index (κ1) is 18.8. The number of ether oxygens (including phenoxy) is 2. The van der Waals surface area contributed by atoms with Crippen LogP contribution >= 0.6 is 12.4 Å². The summed E-state index contributed by atoms with van der Waals surface area (Å²) >= 11 is 0. The molecule has 2 aliphatic rings. The summed E-state index contributed by atoms with van der Waals surface area (Å²) < 4.78 is 11.1. The van der Waals surface area contributed by atoms with E-state index in [-0.39, 0.29) is 31.3 Å². The number of nitrogens with one attached hydrogen (secondary N) is 1. The Morgan fingerprint density at radius 3 is 2.56 bits per heavy atom. The molecule has 0 saturated heterocycles. The number of halogens is 1. The van der Waals surface area contributed by atoms with E-state index < -0.39 is 0 Å². The third-order valence-corrected chi connectivity index (χ3v) is 4.60. The van der Waals surface area contributed by atoms with Gasteiger partial charge in [0, 0.05) is 23.9 Å². The first-order chi connectivity index (χ1) is 12.6. The average molecular weight is 389 g/mol. The van der Waals surface area contributed by atoms with Gasteiger partial charge in [-0.2, -0.15) is 5.10 Å². The van der Waals surface area contributed by atoms with Gasteiger partial charge in [0.25, 0.3) is 0 Å². The van der Waals surface area contributed by atoms with Crippen LogP contribution in [0.15, 0.2) is 41.5 Å². The van der Waals surface area contributed by atoms with Crippen LogP contribution in [0, 0.1) is 0 Å². The fraction of sp³-hybridized carbons (Fsp3) is 0.263. The van der Waals surface area contributed by atoms with E-state index in [1.807, 2.05) is 43.3 Å². The number of nitrogens with two attached hydrogens (primary N) is 1. The van der Waals surface area contributed by atoms with Gasteiger partial charge in [-0.1, -0.05) is 12.1 Å². The van der Waals surface area contributed by atoms with Crippen LogP contribution < -0.4 is 20.5 Å². The number of carbonyl (C=O) groups is 1. The lowest BCUT2D eigenvalue weighted by atomic mass is 9.94. The van der Waals surface area contributed by atoms with Crippen LogP contribution in [0.4, 0.5) is 10.5 Å². The number of urea groups is 1. The third kappa shape index (κ3) is 3.38. The molecular weight excluding hydrogens is 368 g/mol. The number of carbonyl (C=O) groups excluding carboxylic acids is 1. The van der Waals surface area contributed by atoms with Gasteiger partial charge >= 0.3 is 6.03 Å². The molecule has 2 amide bonds. The van der Waals surface area contributed by atoms with Crippen molar-refractivity contribution < 1.29 is 14.3 Å². The Bertz CT molecular complexity index is 899. The highest BCUT2D eigenvalue weighted by Crippen LogP contribution is 2.37. The molecule has 27 heavy (non-hydrogen) atoms. The van der Waals surface area contributed by atoms with Gasteiger partial charge in [0.2, 0.25) is 6.79 Å². The summed E-state index contributed by atoms with van der Waals surface area (Å²) in [7, 11) is 1.60. The number of anilines is 1. The number of hydrogen-bond donors (Lipinski definition) is 2. The summed E-state index contributed by atoms with van der Waals surface area (Å²) in [4.78, 5) is 12.4. The first-order valence-corrected chi connectivity index (χ1v) is 8.45. The maximum Gasteiger partial charge on any atom is 0.337 e. The van der Waals surface area contributed by atoms with Gasteiger partial charge in [0.05, 0.1) is 11.8 Å². The Kier molecular flexibility index (Phi) is 5.14. The summed E-state index contributed by atoms with van der Waals surface area (Å²) in [6.07, 6.45) is 0.654. The quantitative estimate of drug-likeness (QED) is 0.735. The van der Waals surface area contributed by atoms with Crippen molar-refractivity contribution >= 4 is 29.8 Å². The first-order valence-electron chi connectivity index (χ1n) is 8.45. The van der Waals surface area contributed by atoms with E-state index >= 15 is 0 Å². The van der Waals surface area contributed by atoms with E-state index in [0.29, 0.717) is 23.6 Å². The molecule has 2 aromatic rings. The topological polar surface area (TPSA) is 89.2 Å². The van der Waals surface area contributed by atoms with Crippen LogP contribution in [0.1, 0.15) is 23.6 Å². The van der Waals surface area contributed by atoms with E-state index in [4.69, 9.17) is 20.3 Å². The number of rotatable bonds is 1. The molecule has 1 atom stereocenters. The number of hydrazone groups is 1. The molecule has 0 saturated carbocycles. The molecule has 8 heteroatoms. The molecule has 2 heterocycles. The third-order valence-electron chi connectivity index (χ3n) is 4.60. The Labute approximate surface area is 163 Å². The minimum atomic E-state index is -0.252. The van der Waals surface area contributed by atoms with Crippen LogP contribution in [-0.4, -0.2) is 36.6 Å². The lowest BCUT2D eigenvalue weighted by Crippen LogP contribution is -2.41. The minimum Gasteiger partial charge on any atom is -0.454 e. The van der Waals surface area contributed by atoms with Crippen LogP contribution in [-0.2, 0) is 6.42 Å². The number of benzene rings is 2. The lowest BCUT2D eigenvalue weighted by molar-refractivity contribution is 0.174. The fourth-order valence-corrected chi connectivity index (χ4v) is 3.25. The molecule has 0 aromatic heterocycles. The molecule has 0 radical (unpaired) electrons.